The zero-order valence-electron chi connectivity index (χ0n) is 12.2. The topological polar surface area (TPSA) is 33.2 Å². The fourth-order valence-electron chi connectivity index (χ4n) is 3.12. The number of nitrogens with zero attached hydrogens (tertiary/aromatic N) is 2. The third-order valence-corrected chi connectivity index (χ3v) is 4.55. The van der Waals surface area contributed by atoms with E-state index in [2.05, 4.69) is 4.98 Å². The molecular weight excluding hydrogens is 284 g/mol. The second kappa shape index (κ2) is 6.02. The number of carbonyl (C=O) groups excluding carboxylic acids is 1. The Kier molecular flexibility index (Phi) is 4.11. The Balaban J connectivity index is 1.83. The lowest BCUT2D eigenvalue weighted by Crippen LogP contribution is -2.31. The molecule has 110 valence electrons. The van der Waals surface area contributed by atoms with Crippen LogP contribution in [0.5, 0.6) is 0 Å². The van der Waals surface area contributed by atoms with E-state index in [4.69, 9.17) is 11.6 Å². The minimum Gasteiger partial charge on any atom is -0.340 e. The van der Waals surface area contributed by atoms with Gasteiger partial charge in [-0.05, 0) is 30.2 Å². The minimum absolute atomic E-state index is 0.0467. The quantitative estimate of drug-likeness (QED) is 0.798. The summed E-state index contributed by atoms with van der Waals surface area (Å²) < 4.78 is 0. The lowest BCUT2D eigenvalue weighted by atomic mass is 10.1. The molecule has 1 aliphatic carbocycles. The Bertz CT molecular complexity index is 665. The molecule has 21 heavy (non-hydrogen) atoms. The van der Waals surface area contributed by atoms with Gasteiger partial charge in [-0.15, -0.1) is 0 Å². The summed E-state index contributed by atoms with van der Waals surface area (Å²) >= 11 is 6.20. The molecule has 1 fully saturated rings. The van der Waals surface area contributed by atoms with Crippen LogP contribution in [-0.4, -0.2) is 29.4 Å². The lowest BCUT2D eigenvalue weighted by molar-refractivity contribution is 0.0768. The van der Waals surface area contributed by atoms with Crippen LogP contribution in [0, 0.1) is 5.92 Å². The normalized spacial score (nSPS) is 15.5. The first-order valence-electron chi connectivity index (χ1n) is 7.46. The van der Waals surface area contributed by atoms with Gasteiger partial charge in [-0.3, -0.25) is 4.79 Å². The highest BCUT2D eigenvalue weighted by Gasteiger charge is 2.21. The molecule has 1 aliphatic rings. The molecule has 0 bridgehead atoms. The summed E-state index contributed by atoms with van der Waals surface area (Å²) in [6.45, 7) is 0.810. The molecule has 0 radical (unpaired) electrons. The molecule has 1 saturated carbocycles. The van der Waals surface area contributed by atoms with Crippen molar-refractivity contribution in [2.24, 2.45) is 5.92 Å². The van der Waals surface area contributed by atoms with Crippen molar-refractivity contribution in [3.05, 3.63) is 41.2 Å². The van der Waals surface area contributed by atoms with Gasteiger partial charge in [0.15, 0.2) is 0 Å². The van der Waals surface area contributed by atoms with Crippen molar-refractivity contribution in [1.82, 2.24) is 9.88 Å². The molecule has 1 heterocycles. The molecule has 0 spiro atoms. The van der Waals surface area contributed by atoms with Crippen molar-refractivity contribution in [1.29, 1.82) is 0 Å². The number of rotatable bonds is 3. The Labute approximate surface area is 129 Å². The maximum Gasteiger partial charge on any atom is 0.272 e. The zero-order chi connectivity index (χ0) is 14.8. The number of amides is 1. The van der Waals surface area contributed by atoms with E-state index in [-0.39, 0.29) is 5.91 Å². The van der Waals surface area contributed by atoms with Crippen LogP contribution in [0.1, 0.15) is 36.2 Å². The van der Waals surface area contributed by atoms with Crippen molar-refractivity contribution < 1.29 is 4.79 Å². The Morgan fingerprint density at radius 1 is 1.33 bits per heavy atom. The number of pyridine rings is 1. The number of aromatic nitrogens is 1. The fourth-order valence-corrected chi connectivity index (χ4v) is 3.39. The average molecular weight is 303 g/mol. The standard InChI is InChI=1S/C17H19ClN2O/c1-20(11-12-6-2-3-7-12)17(21)15-10-13-8-4-5-9-14(13)16(18)19-15/h4-5,8-10,12H,2-3,6-7,11H2,1H3. The van der Waals surface area contributed by atoms with Crippen LogP contribution in [0.15, 0.2) is 30.3 Å². The third kappa shape index (κ3) is 3.03. The van der Waals surface area contributed by atoms with E-state index in [1.54, 1.807) is 4.90 Å². The summed E-state index contributed by atoms with van der Waals surface area (Å²) in [6, 6.07) is 9.56. The van der Waals surface area contributed by atoms with E-state index >= 15 is 0 Å². The molecule has 2 aromatic rings. The largest absolute Gasteiger partial charge is 0.340 e. The fraction of sp³-hybridized carbons (Fsp3) is 0.412. The first-order chi connectivity index (χ1) is 10.1. The predicted molar refractivity (Wildman–Crippen MR) is 85.7 cm³/mol. The van der Waals surface area contributed by atoms with Gasteiger partial charge in [0.2, 0.25) is 0 Å². The van der Waals surface area contributed by atoms with Gasteiger partial charge >= 0.3 is 0 Å². The zero-order valence-corrected chi connectivity index (χ0v) is 12.9. The number of halogens is 1. The summed E-state index contributed by atoms with van der Waals surface area (Å²) in [5.74, 6) is 0.587. The van der Waals surface area contributed by atoms with Crippen molar-refractivity contribution in [2.75, 3.05) is 13.6 Å². The molecule has 0 saturated heterocycles. The molecular formula is C17H19ClN2O. The molecule has 3 rings (SSSR count). The van der Waals surface area contributed by atoms with Crippen molar-refractivity contribution >= 4 is 28.3 Å². The molecule has 0 atom stereocenters. The third-order valence-electron chi connectivity index (χ3n) is 4.27. The average Bonchev–Trinajstić information content (AvgIpc) is 2.99. The van der Waals surface area contributed by atoms with Gasteiger partial charge in [0, 0.05) is 19.0 Å². The molecule has 1 aromatic carbocycles. The van der Waals surface area contributed by atoms with Crippen LogP contribution in [0.3, 0.4) is 0 Å². The summed E-state index contributed by atoms with van der Waals surface area (Å²) in [4.78, 5) is 18.6. The van der Waals surface area contributed by atoms with Crippen molar-refractivity contribution in [3.8, 4) is 0 Å². The second-order valence-electron chi connectivity index (χ2n) is 5.86. The minimum atomic E-state index is -0.0467. The highest BCUT2D eigenvalue weighted by atomic mass is 35.5. The van der Waals surface area contributed by atoms with Gasteiger partial charge in [-0.1, -0.05) is 48.7 Å². The van der Waals surface area contributed by atoms with E-state index in [1.165, 1.54) is 25.7 Å². The first kappa shape index (κ1) is 14.3. The van der Waals surface area contributed by atoms with Crippen LogP contribution in [0.2, 0.25) is 5.15 Å². The highest BCUT2D eigenvalue weighted by Crippen LogP contribution is 2.26. The molecule has 0 N–H and O–H groups in total. The maximum atomic E-state index is 12.5. The van der Waals surface area contributed by atoms with Crippen molar-refractivity contribution in [2.45, 2.75) is 25.7 Å². The van der Waals surface area contributed by atoms with Gasteiger partial charge < -0.3 is 4.90 Å². The van der Waals surface area contributed by atoms with E-state index in [9.17, 15) is 4.79 Å². The van der Waals surface area contributed by atoms with Gasteiger partial charge in [0.05, 0.1) is 0 Å². The molecule has 1 aromatic heterocycles. The lowest BCUT2D eigenvalue weighted by Gasteiger charge is -2.21. The molecule has 0 unspecified atom stereocenters. The van der Waals surface area contributed by atoms with E-state index in [0.717, 1.165) is 17.3 Å². The van der Waals surface area contributed by atoms with Crippen LogP contribution in [-0.2, 0) is 0 Å². The number of hydrogen-bond donors (Lipinski definition) is 0. The van der Waals surface area contributed by atoms with Crippen LogP contribution in [0.25, 0.3) is 10.8 Å². The van der Waals surface area contributed by atoms with Crippen molar-refractivity contribution in [3.63, 3.8) is 0 Å². The summed E-state index contributed by atoms with van der Waals surface area (Å²) in [7, 11) is 1.85. The van der Waals surface area contributed by atoms with E-state index in [1.807, 2.05) is 37.4 Å². The van der Waals surface area contributed by atoms with Gasteiger partial charge in [-0.25, -0.2) is 4.98 Å². The number of carbonyl (C=O) groups is 1. The van der Waals surface area contributed by atoms with E-state index in [0.29, 0.717) is 16.8 Å². The van der Waals surface area contributed by atoms with Gasteiger partial charge in [0.1, 0.15) is 10.8 Å². The van der Waals surface area contributed by atoms with E-state index < -0.39 is 0 Å². The maximum absolute atomic E-state index is 12.5. The number of hydrogen-bond acceptors (Lipinski definition) is 2. The summed E-state index contributed by atoms with van der Waals surface area (Å²) in [5.41, 5.74) is 0.430. The summed E-state index contributed by atoms with van der Waals surface area (Å²) in [6.07, 6.45) is 5.02. The summed E-state index contributed by atoms with van der Waals surface area (Å²) in [5, 5.41) is 2.23. The number of benzene rings is 1. The molecule has 3 nitrogen and oxygen atoms in total. The smallest absolute Gasteiger partial charge is 0.272 e. The molecule has 1 amide bonds. The van der Waals surface area contributed by atoms with Gasteiger partial charge in [-0.2, -0.15) is 0 Å². The Morgan fingerprint density at radius 3 is 2.81 bits per heavy atom. The van der Waals surface area contributed by atoms with Crippen LogP contribution < -0.4 is 0 Å². The van der Waals surface area contributed by atoms with Gasteiger partial charge in [0.25, 0.3) is 5.91 Å². The molecule has 0 aliphatic heterocycles. The number of fused-ring (bicyclic) bond motifs is 1. The van der Waals surface area contributed by atoms with Crippen LogP contribution in [0.4, 0.5) is 0 Å². The first-order valence-corrected chi connectivity index (χ1v) is 7.83. The van der Waals surface area contributed by atoms with Crippen LogP contribution >= 0.6 is 11.6 Å². The SMILES string of the molecule is CN(CC1CCCC1)C(=O)c1cc2ccccc2c(Cl)n1. The highest BCUT2D eigenvalue weighted by molar-refractivity contribution is 6.34. The second-order valence-corrected chi connectivity index (χ2v) is 6.21. The Hall–Kier alpha value is -1.61. The predicted octanol–water partition coefficient (Wildman–Crippen LogP) is 4.15. The Morgan fingerprint density at radius 2 is 2.05 bits per heavy atom. The monoisotopic (exact) mass is 302 g/mol. The molecule has 4 heteroatoms.